The molecule has 5 rings (SSSR count). The molecule has 3 amide bonds. The predicted octanol–water partition coefficient (Wildman–Crippen LogP) is 4.91. The molecule has 1 aliphatic carbocycles. The van der Waals surface area contributed by atoms with E-state index in [1.165, 1.54) is 11.9 Å². The Morgan fingerprint density at radius 2 is 1.88 bits per heavy atom. The lowest BCUT2D eigenvalue weighted by atomic mass is 9.79. The molecule has 1 aliphatic heterocycles. The molecule has 0 radical (unpaired) electrons. The van der Waals surface area contributed by atoms with Crippen LogP contribution in [0.1, 0.15) is 43.9 Å². The van der Waals surface area contributed by atoms with Gasteiger partial charge in [-0.1, -0.05) is 43.3 Å². The number of aromatic nitrogens is 2. The van der Waals surface area contributed by atoms with Crippen LogP contribution >= 0.6 is 0 Å². The summed E-state index contributed by atoms with van der Waals surface area (Å²) in [5.74, 6) is 0.356. The lowest BCUT2D eigenvalue weighted by Crippen LogP contribution is -2.53. The summed E-state index contributed by atoms with van der Waals surface area (Å²) in [5.41, 5.74) is 4.31. The van der Waals surface area contributed by atoms with Crippen molar-refractivity contribution in [1.82, 2.24) is 20.0 Å². The van der Waals surface area contributed by atoms with Crippen LogP contribution < -0.4 is 10.2 Å². The zero-order valence-electron chi connectivity index (χ0n) is 23.0. The number of fused-ring (bicyclic) bond motifs is 1. The Labute approximate surface area is 233 Å². The average molecular weight is 546 g/mol. The van der Waals surface area contributed by atoms with Crippen molar-refractivity contribution >= 4 is 23.8 Å². The molecule has 1 aromatic heterocycles. The normalized spacial score (nSPS) is 20.0. The molecule has 10 heteroatoms. The monoisotopic (exact) mass is 545 g/mol. The van der Waals surface area contributed by atoms with Crippen molar-refractivity contribution < 1.29 is 24.2 Å². The Bertz CT molecular complexity index is 1390. The SMILES string of the molecule is CC(=O)N1c2ccc(-c3cnn(CCN(C)C(=O)O)c3)cc2[C@@H](NC(=O)OCc2ccccc2)[C@H](C)[C@H]1C1CC1. The first-order valence-electron chi connectivity index (χ1n) is 13.6. The molecule has 2 heterocycles. The highest BCUT2D eigenvalue weighted by molar-refractivity contribution is 5.94. The molecule has 40 heavy (non-hydrogen) atoms. The summed E-state index contributed by atoms with van der Waals surface area (Å²) in [5, 5.41) is 16.6. The Morgan fingerprint density at radius 1 is 1.12 bits per heavy atom. The molecule has 2 aromatic carbocycles. The molecule has 1 saturated carbocycles. The van der Waals surface area contributed by atoms with Crippen LogP contribution in [0, 0.1) is 11.8 Å². The predicted molar refractivity (Wildman–Crippen MR) is 150 cm³/mol. The summed E-state index contributed by atoms with van der Waals surface area (Å²) in [6.07, 6.45) is 4.24. The van der Waals surface area contributed by atoms with Crippen molar-refractivity contribution in [1.29, 1.82) is 0 Å². The van der Waals surface area contributed by atoms with E-state index in [9.17, 15) is 14.4 Å². The Balaban J connectivity index is 1.43. The number of nitrogens with one attached hydrogen (secondary N) is 1. The minimum absolute atomic E-state index is 0.00996. The summed E-state index contributed by atoms with van der Waals surface area (Å²) in [4.78, 5) is 40.1. The molecule has 2 N–H and O–H groups in total. The smallest absolute Gasteiger partial charge is 0.407 e. The molecule has 210 valence electrons. The molecule has 0 spiro atoms. The quantitative estimate of drug-likeness (QED) is 0.416. The number of hydrogen-bond donors (Lipinski definition) is 2. The number of nitrogens with zero attached hydrogens (tertiary/aromatic N) is 4. The van der Waals surface area contributed by atoms with Gasteiger partial charge in [0.1, 0.15) is 6.61 Å². The Kier molecular flexibility index (Phi) is 7.77. The van der Waals surface area contributed by atoms with Gasteiger partial charge in [0, 0.05) is 49.9 Å². The maximum absolute atomic E-state index is 13.0. The largest absolute Gasteiger partial charge is 0.465 e. The highest BCUT2D eigenvalue weighted by Gasteiger charge is 2.48. The molecule has 3 atom stereocenters. The first-order valence-corrected chi connectivity index (χ1v) is 13.6. The van der Waals surface area contributed by atoms with Gasteiger partial charge in [0.2, 0.25) is 5.91 Å². The third-order valence-corrected chi connectivity index (χ3v) is 7.87. The summed E-state index contributed by atoms with van der Waals surface area (Å²) < 4.78 is 7.28. The minimum Gasteiger partial charge on any atom is -0.465 e. The Hall–Kier alpha value is -4.34. The lowest BCUT2D eigenvalue weighted by Gasteiger charge is -2.45. The molecular weight excluding hydrogens is 510 g/mol. The molecule has 2 aliphatic rings. The number of carbonyl (C=O) groups is 3. The van der Waals surface area contributed by atoms with E-state index in [2.05, 4.69) is 17.3 Å². The highest BCUT2D eigenvalue weighted by atomic mass is 16.5. The fourth-order valence-corrected chi connectivity index (χ4v) is 5.62. The van der Waals surface area contributed by atoms with Gasteiger partial charge in [-0.2, -0.15) is 5.10 Å². The van der Waals surface area contributed by atoms with E-state index in [0.717, 1.165) is 40.8 Å². The lowest BCUT2D eigenvalue weighted by molar-refractivity contribution is -0.117. The second kappa shape index (κ2) is 11.4. The minimum atomic E-state index is -0.989. The van der Waals surface area contributed by atoms with Crippen LogP contribution in [0.4, 0.5) is 15.3 Å². The van der Waals surface area contributed by atoms with Crippen LogP contribution in [-0.4, -0.2) is 57.5 Å². The number of rotatable bonds is 8. The van der Waals surface area contributed by atoms with Gasteiger partial charge in [0.25, 0.3) is 0 Å². The molecular formula is C30H35N5O5. The molecule has 0 unspecified atom stereocenters. The zero-order chi connectivity index (χ0) is 28.4. The van der Waals surface area contributed by atoms with Gasteiger partial charge in [0.05, 0.1) is 18.8 Å². The first-order chi connectivity index (χ1) is 19.2. The van der Waals surface area contributed by atoms with Gasteiger partial charge in [0.15, 0.2) is 0 Å². The summed E-state index contributed by atoms with van der Waals surface area (Å²) >= 11 is 0. The van der Waals surface area contributed by atoms with Crippen molar-refractivity contribution in [3.8, 4) is 11.1 Å². The number of alkyl carbamates (subject to hydrolysis) is 1. The van der Waals surface area contributed by atoms with E-state index in [4.69, 9.17) is 9.84 Å². The van der Waals surface area contributed by atoms with Gasteiger partial charge in [-0.15, -0.1) is 0 Å². The summed E-state index contributed by atoms with van der Waals surface area (Å²) in [6, 6.07) is 15.1. The van der Waals surface area contributed by atoms with Gasteiger partial charge in [-0.3, -0.25) is 9.48 Å². The third kappa shape index (κ3) is 5.80. The van der Waals surface area contributed by atoms with Gasteiger partial charge < -0.3 is 25.0 Å². The second-order valence-electron chi connectivity index (χ2n) is 10.7. The maximum atomic E-state index is 13.0. The fourth-order valence-electron chi connectivity index (χ4n) is 5.62. The number of hydrogen-bond acceptors (Lipinski definition) is 5. The van der Waals surface area contributed by atoms with Crippen LogP contribution in [0.5, 0.6) is 0 Å². The number of anilines is 1. The fraction of sp³-hybridized carbons (Fsp3) is 0.400. The number of amides is 3. The molecule has 3 aromatic rings. The van der Waals surface area contributed by atoms with E-state index in [-0.39, 0.29) is 30.5 Å². The first kappa shape index (κ1) is 27.2. The summed E-state index contributed by atoms with van der Waals surface area (Å²) in [6.45, 7) is 4.59. The topological polar surface area (TPSA) is 117 Å². The average Bonchev–Trinajstić information content (AvgIpc) is 3.67. The third-order valence-electron chi connectivity index (χ3n) is 7.87. The van der Waals surface area contributed by atoms with Crippen LogP contribution in [0.2, 0.25) is 0 Å². The second-order valence-corrected chi connectivity index (χ2v) is 10.7. The van der Waals surface area contributed by atoms with Crippen LogP contribution in [-0.2, 0) is 22.7 Å². The molecule has 10 nitrogen and oxygen atoms in total. The number of carbonyl (C=O) groups excluding carboxylic acids is 2. The highest BCUT2D eigenvalue weighted by Crippen LogP contribution is 2.49. The summed E-state index contributed by atoms with van der Waals surface area (Å²) in [7, 11) is 1.52. The van der Waals surface area contributed by atoms with E-state index >= 15 is 0 Å². The van der Waals surface area contributed by atoms with Gasteiger partial charge >= 0.3 is 12.2 Å². The number of benzene rings is 2. The van der Waals surface area contributed by atoms with Crippen LogP contribution in [0.3, 0.4) is 0 Å². The van der Waals surface area contributed by atoms with E-state index in [0.29, 0.717) is 19.0 Å². The van der Waals surface area contributed by atoms with Gasteiger partial charge in [-0.25, -0.2) is 9.59 Å². The number of carboxylic acid groups (broad SMARTS) is 1. The van der Waals surface area contributed by atoms with Crippen LogP contribution in [0.15, 0.2) is 60.9 Å². The molecule has 1 fully saturated rings. The standard InChI is InChI=1S/C30H35N5O5/c1-19-27(32-29(37)40-18-21-7-5-4-6-8-21)25-15-23(24-16-31-34(17-24)14-13-33(3)30(38)39)11-12-26(25)35(20(2)36)28(19)22-9-10-22/h4-8,11-12,15-17,19,22,27-28H,9-10,13-14,18H2,1-3H3,(H,32,37)(H,38,39)/t19-,27-,28-/m0/s1. The Morgan fingerprint density at radius 3 is 2.55 bits per heavy atom. The van der Waals surface area contributed by atoms with Crippen molar-refractivity contribution in [3.63, 3.8) is 0 Å². The van der Waals surface area contributed by atoms with Gasteiger partial charge in [-0.05, 0) is 47.6 Å². The number of likely N-dealkylation sites (N-methyl/N-ethyl adjacent to an activating group) is 1. The van der Waals surface area contributed by atoms with Crippen molar-refractivity contribution in [2.45, 2.75) is 51.9 Å². The van der Waals surface area contributed by atoms with Crippen molar-refractivity contribution in [2.24, 2.45) is 11.8 Å². The van der Waals surface area contributed by atoms with E-state index in [1.54, 1.807) is 17.8 Å². The molecule has 0 saturated heterocycles. The molecule has 0 bridgehead atoms. The van der Waals surface area contributed by atoms with E-state index in [1.807, 2.05) is 59.6 Å². The van der Waals surface area contributed by atoms with Crippen LogP contribution in [0.25, 0.3) is 11.1 Å². The van der Waals surface area contributed by atoms with E-state index < -0.39 is 12.2 Å². The zero-order valence-corrected chi connectivity index (χ0v) is 23.0. The van der Waals surface area contributed by atoms with Crippen molar-refractivity contribution in [3.05, 3.63) is 72.1 Å². The maximum Gasteiger partial charge on any atom is 0.407 e. The van der Waals surface area contributed by atoms with Crippen molar-refractivity contribution in [2.75, 3.05) is 18.5 Å². The number of ether oxygens (including phenoxy) is 1.